The van der Waals surface area contributed by atoms with Gasteiger partial charge in [0, 0.05) is 17.0 Å². The van der Waals surface area contributed by atoms with Crippen molar-refractivity contribution in [2.24, 2.45) is 0 Å². The van der Waals surface area contributed by atoms with Gasteiger partial charge in [0.15, 0.2) is 5.82 Å². The molecule has 0 aliphatic heterocycles. The largest absolute Gasteiger partial charge is 0.497 e. The maximum atomic E-state index is 12.7. The van der Waals surface area contributed by atoms with Crippen LogP contribution in [0.4, 0.5) is 5.82 Å². The number of methoxy groups -OCH3 is 1. The number of ether oxygens (including phenoxy) is 1. The molecule has 0 saturated carbocycles. The third kappa shape index (κ3) is 3.71. The predicted octanol–water partition coefficient (Wildman–Crippen LogP) is 4.76. The Morgan fingerprint density at radius 1 is 0.935 bits per heavy atom. The van der Waals surface area contributed by atoms with E-state index in [9.17, 15) is 4.79 Å². The molecule has 0 fully saturated rings. The lowest BCUT2D eigenvalue weighted by Crippen LogP contribution is -2.15. The number of benzene rings is 3. The van der Waals surface area contributed by atoms with Crippen LogP contribution in [0.15, 0.2) is 85.1 Å². The third-order valence-corrected chi connectivity index (χ3v) is 5.17. The Labute approximate surface area is 179 Å². The van der Waals surface area contributed by atoms with Gasteiger partial charge in [-0.25, -0.2) is 9.67 Å². The molecule has 1 amide bonds. The molecule has 0 spiro atoms. The summed E-state index contributed by atoms with van der Waals surface area (Å²) in [7, 11) is 1.64. The van der Waals surface area contributed by atoms with Crippen molar-refractivity contribution in [3.63, 3.8) is 0 Å². The van der Waals surface area contributed by atoms with Gasteiger partial charge in [0.05, 0.1) is 24.7 Å². The Morgan fingerprint density at radius 2 is 1.68 bits per heavy atom. The number of nitrogens with zero attached hydrogens (tertiary/aromatic N) is 3. The van der Waals surface area contributed by atoms with Crippen molar-refractivity contribution in [1.29, 1.82) is 0 Å². The van der Waals surface area contributed by atoms with Crippen LogP contribution in [0, 0.1) is 0 Å². The molecule has 0 atom stereocenters. The normalized spacial score (nSPS) is 11.0. The average molecular weight is 408 g/mol. The molecule has 2 aromatic heterocycles. The molecule has 0 radical (unpaired) electrons. The molecule has 5 rings (SSSR count). The van der Waals surface area contributed by atoms with Crippen molar-refractivity contribution in [2.45, 2.75) is 6.42 Å². The van der Waals surface area contributed by atoms with Gasteiger partial charge in [0.1, 0.15) is 11.3 Å². The van der Waals surface area contributed by atoms with Crippen LogP contribution in [-0.2, 0) is 11.2 Å². The lowest BCUT2D eigenvalue weighted by Gasteiger charge is -2.07. The number of hydrogen-bond donors (Lipinski definition) is 1. The van der Waals surface area contributed by atoms with Crippen molar-refractivity contribution < 1.29 is 9.53 Å². The smallest absolute Gasteiger partial charge is 0.230 e. The number of fused-ring (bicyclic) bond motifs is 3. The number of rotatable bonds is 5. The highest BCUT2D eigenvalue weighted by Crippen LogP contribution is 2.29. The molecule has 152 valence electrons. The minimum absolute atomic E-state index is 0.130. The second-order valence-corrected chi connectivity index (χ2v) is 7.22. The molecule has 0 bridgehead atoms. The fourth-order valence-electron chi connectivity index (χ4n) is 3.63. The SMILES string of the molecule is COc1ccc(-n2cc3c(n2)c(NC(=O)Cc2ccccc2)nc2ccccc23)cc1. The van der Waals surface area contributed by atoms with Gasteiger partial charge in [0.2, 0.25) is 5.91 Å². The van der Waals surface area contributed by atoms with Crippen molar-refractivity contribution in [3.8, 4) is 11.4 Å². The van der Waals surface area contributed by atoms with Crippen molar-refractivity contribution in [2.75, 3.05) is 12.4 Å². The number of nitrogens with one attached hydrogen (secondary N) is 1. The Kier molecular flexibility index (Phi) is 4.80. The van der Waals surface area contributed by atoms with Crippen LogP contribution in [0.1, 0.15) is 5.56 Å². The van der Waals surface area contributed by atoms with Gasteiger partial charge in [-0.3, -0.25) is 4.79 Å². The van der Waals surface area contributed by atoms with E-state index < -0.39 is 0 Å². The highest BCUT2D eigenvalue weighted by atomic mass is 16.5. The van der Waals surface area contributed by atoms with E-state index in [1.165, 1.54) is 0 Å². The van der Waals surface area contributed by atoms with Crippen LogP contribution in [0.25, 0.3) is 27.5 Å². The van der Waals surface area contributed by atoms with Crippen LogP contribution in [0.5, 0.6) is 5.75 Å². The van der Waals surface area contributed by atoms with Gasteiger partial charge in [-0.2, -0.15) is 5.10 Å². The number of carbonyl (C=O) groups is 1. The van der Waals surface area contributed by atoms with Gasteiger partial charge in [-0.05, 0) is 35.9 Å². The molecule has 0 saturated heterocycles. The molecule has 31 heavy (non-hydrogen) atoms. The lowest BCUT2D eigenvalue weighted by molar-refractivity contribution is -0.115. The monoisotopic (exact) mass is 408 g/mol. The van der Waals surface area contributed by atoms with Gasteiger partial charge >= 0.3 is 0 Å². The van der Waals surface area contributed by atoms with Crippen LogP contribution in [0.2, 0.25) is 0 Å². The standard InChI is InChI=1S/C25H20N4O2/c1-31-19-13-11-18(12-14-19)29-16-21-20-9-5-6-10-22(20)26-25(24(21)28-29)27-23(30)15-17-7-3-2-4-8-17/h2-14,16H,15H2,1H3,(H,26,27,30). The van der Waals surface area contributed by atoms with E-state index in [1.54, 1.807) is 11.8 Å². The average Bonchev–Trinajstić information content (AvgIpc) is 3.26. The van der Waals surface area contributed by atoms with Gasteiger partial charge < -0.3 is 10.1 Å². The van der Waals surface area contributed by atoms with E-state index in [0.29, 0.717) is 11.3 Å². The first kappa shape index (κ1) is 18.8. The zero-order chi connectivity index (χ0) is 21.2. The quantitative estimate of drug-likeness (QED) is 0.455. The second-order valence-electron chi connectivity index (χ2n) is 7.22. The van der Waals surface area contributed by atoms with Crippen LogP contribution >= 0.6 is 0 Å². The van der Waals surface area contributed by atoms with Gasteiger partial charge in [-0.15, -0.1) is 0 Å². The molecular formula is C25H20N4O2. The van der Waals surface area contributed by atoms with E-state index in [1.807, 2.05) is 85.1 Å². The molecule has 3 aromatic carbocycles. The van der Waals surface area contributed by atoms with Gasteiger partial charge in [0.25, 0.3) is 0 Å². The van der Waals surface area contributed by atoms with Gasteiger partial charge in [-0.1, -0.05) is 48.5 Å². The lowest BCUT2D eigenvalue weighted by atomic mass is 10.1. The summed E-state index contributed by atoms with van der Waals surface area (Å²) < 4.78 is 7.04. The highest BCUT2D eigenvalue weighted by molar-refractivity contribution is 6.10. The Hall–Kier alpha value is -4.19. The number of hydrogen-bond acceptors (Lipinski definition) is 4. The van der Waals surface area contributed by atoms with E-state index in [-0.39, 0.29) is 12.3 Å². The first-order valence-corrected chi connectivity index (χ1v) is 9.97. The molecule has 0 aliphatic carbocycles. The molecule has 2 heterocycles. The van der Waals surface area contributed by atoms with Crippen molar-refractivity contribution in [3.05, 3.63) is 90.6 Å². The summed E-state index contributed by atoms with van der Waals surface area (Å²) in [6.45, 7) is 0. The number of para-hydroxylation sites is 1. The highest BCUT2D eigenvalue weighted by Gasteiger charge is 2.15. The molecular weight excluding hydrogens is 388 g/mol. The number of aromatic nitrogens is 3. The fraction of sp³-hybridized carbons (Fsp3) is 0.0800. The Bertz CT molecular complexity index is 1380. The van der Waals surface area contributed by atoms with Crippen LogP contribution in [0.3, 0.4) is 0 Å². The summed E-state index contributed by atoms with van der Waals surface area (Å²) >= 11 is 0. The van der Waals surface area contributed by atoms with E-state index in [4.69, 9.17) is 14.8 Å². The minimum Gasteiger partial charge on any atom is -0.497 e. The number of anilines is 1. The van der Waals surface area contributed by atoms with Crippen LogP contribution < -0.4 is 10.1 Å². The summed E-state index contributed by atoms with van der Waals surface area (Å²) in [5, 5.41) is 9.62. The molecule has 0 unspecified atom stereocenters. The zero-order valence-electron chi connectivity index (χ0n) is 16.9. The molecule has 6 heteroatoms. The van der Waals surface area contributed by atoms with E-state index >= 15 is 0 Å². The Morgan fingerprint density at radius 3 is 2.45 bits per heavy atom. The summed E-state index contributed by atoms with van der Waals surface area (Å²) in [4.78, 5) is 17.4. The minimum atomic E-state index is -0.130. The molecule has 0 aliphatic rings. The predicted molar refractivity (Wildman–Crippen MR) is 122 cm³/mol. The summed E-state index contributed by atoms with van der Waals surface area (Å²) in [5.74, 6) is 1.11. The van der Waals surface area contributed by atoms with E-state index in [0.717, 1.165) is 33.3 Å². The maximum absolute atomic E-state index is 12.7. The van der Waals surface area contributed by atoms with E-state index in [2.05, 4.69) is 5.32 Å². The Balaban J connectivity index is 1.57. The number of pyridine rings is 1. The van der Waals surface area contributed by atoms with Crippen molar-refractivity contribution in [1.82, 2.24) is 14.8 Å². The van der Waals surface area contributed by atoms with Crippen LogP contribution in [-0.4, -0.2) is 27.8 Å². The topological polar surface area (TPSA) is 69.0 Å². The third-order valence-electron chi connectivity index (χ3n) is 5.17. The first-order valence-electron chi connectivity index (χ1n) is 9.97. The fourth-order valence-corrected chi connectivity index (χ4v) is 3.63. The maximum Gasteiger partial charge on any atom is 0.230 e. The first-order chi connectivity index (χ1) is 15.2. The molecule has 5 aromatic rings. The van der Waals surface area contributed by atoms with Crippen molar-refractivity contribution >= 4 is 33.5 Å². The summed E-state index contributed by atoms with van der Waals surface area (Å²) in [5.41, 5.74) is 3.29. The number of carbonyl (C=O) groups excluding carboxylic acids is 1. The number of amides is 1. The zero-order valence-corrected chi connectivity index (χ0v) is 16.9. The second kappa shape index (κ2) is 7.91. The molecule has 1 N–H and O–H groups in total. The summed E-state index contributed by atoms with van der Waals surface area (Å²) in [6, 6.07) is 25.2. The summed E-state index contributed by atoms with van der Waals surface area (Å²) in [6.07, 6.45) is 2.24. The molecule has 6 nitrogen and oxygen atoms in total.